The number of benzene rings is 1. The molecule has 0 amide bonds. The van der Waals surface area contributed by atoms with Crippen LogP contribution in [0.25, 0.3) is 6.08 Å². The average Bonchev–Trinajstić information content (AvgIpc) is 2.38. The van der Waals surface area contributed by atoms with Gasteiger partial charge in [-0.25, -0.2) is 9.97 Å². The van der Waals surface area contributed by atoms with Crippen LogP contribution < -0.4 is 4.74 Å². The second-order valence-corrected chi connectivity index (χ2v) is 3.72. The molecule has 0 N–H and O–H groups in total. The van der Waals surface area contributed by atoms with Gasteiger partial charge in [-0.3, -0.25) is 0 Å². The Labute approximate surface area is 105 Å². The second kappa shape index (κ2) is 5.46. The largest absolute Gasteiger partial charge is 0.483 e. The minimum atomic E-state index is 0.297. The van der Waals surface area contributed by atoms with Crippen molar-refractivity contribution in [1.82, 2.24) is 9.97 Å². The number of nitrogens with zero attached hydrogens (tertiary/aromatic N) is 2. The second-order valence-electron chi connectivity index (χ2n) is 3.36. The van der Waals surface area contributed by atoms with E-state index in [2.05, 4.69) is 16.5 Å². The molecule has 2 rings (SSSR count). The summed E-state index contributed by atoms with van der Waals surface area (Å²) in [6.07, 6.45) is 2.97. The Bertz CT molecular complexity index is 514. The number of hydrogen-bond acceptors (Lipinski definition) is 3. The van der Waals surface area contributed by atoms with E-state index in [-0.39, 0.29) is 0 Å². The predicted octanol–water partition coefficient (Wildman–Crippen LogP) is 3.35. The molecule has 0 fully saturated rings. The molecule has 1 heterocycles. The van der Waals surface area contributed by atoms with Gasteiger partial charge in [0.1, 0.15) is 18.6 Å². The first kappa shape index (κ1) is 11.6. The lowest BCUT2D eigenvalue weighted by atomic mass is 10.2. The first-order valence-electron chi connectivity index (χ1n) is 5.11. The summed E-state index contributed by atoms with van der Waals surface area (Å²) in [5.41, 5.74) is 1.66. The van der Waals surface area contributed by atoms with Crippen LogP contribution in [0.4, 0.5) is 0 Å². The molecule has 1 aromatic heterocycles. The molecule has 2 aromatic rings. The van der Waals surface area contributed by atoms with Gasteiger partial charge >= 0.3 is 0 Å². The molecule has 0 saturated carbocycles. The van der Waals surface area contributed by atoms with E-state index in [0.29, 0.717) is 23.2 Å². The highest BCUT2D eigenvalue weighted by Gasteiger charge is 2.08. The van der Waals surface area contributed by atoms with Crippen LogP contribution in [0.15, 0.2) is 43.2 Å². The fraction of sp³-hybridized carbons (Fsp3) is 0.0769. The van der Waals surface area contributed by atoms with Crippen molar-refractivity contribution in [3.63, 3.8) is 0 Å². The lowest BCUT2D eigenvalue weighted by molar-refractivity contribution is 0.303. The van der Waals surface area contributed by atoms with Gasteiger partial charge in [-0.1, -0.05) is 48.5 Å². The molecule has 0 atom stereocenters. The molecule has 0 unspecified atom stereocenters. The Morgan fingerprint density at radius 2 is 2.00 bits per heavy atom. The van der Waals surface area contributed by atoms with E-state index in [1.165, 1.54) is 6.33 Å². The van der Waals surface area contributed by atoms with Crippen molar-refractivity contribution in [2.24, 2.45) is 0 Å². The molecule has 0 aliphatic heterocycles. The summed E-state index contributed by atoms with van der Waals surface area (Å²) in [7, 11) is 0. The van der Waals surface area contributed by atoms with E-state index < -0.39 is 0 Å². The maximum atomic E-state index is 5.95. The molecular weight excluding hydrogens is 236 g/mol. The van der Waals surface area contributed by atoms with Crippen LogP contribution in [0, 0.1) is 0 Å². The van der Waals surface area contributed by atoms with Crippen molar-refractivity contribution in [2.45, 2.75) is 6.61 Å². The Morgan fingerprint density at radius 3 is 2.71 bits per heavy atom. The third-order valence-electron chi connectivity index (χ3n) is 2.21. The normalized spacial score (nSPS) is 9.94. The monoisotopic (exact) mass is 246 g/mol. The van der Waals surface area contributed by atoms with Crippen molar-refractivity contribution in [2.75, 3.05) is 0 Å². The smallest absolute Gasteiger partial charge is 0.182 e. The van der Waals surface area contributed by atoms with Crippen molar-refractivity contribution in [1.29, 1.82) is 0 Å². The van der Waals surface area contributed by atoms with Gasteiger partial charge in [-0.05, 0) is 11.6 Å². The zero-order chi connectivity index (χ0) is 12.1. The van der Waals surface area contributed by atoms with Gasteiger partial charge in [0.15, 0.2) is 10.9 Å². The van der Waals surface area contributed by atoms with Gasteiger partial charge in [-0.2, -0.15) is 0 Å². The molecule has 3 nitrogen and oxygen atoms in total. The zero-order valence-electron chi connectivity index (χ0n) is 9.14. The number of hydrogen-bond donors (Lipinski definition) is 0. The Hall–Kier alpha value is -1.87. The summed E-state index contributed by atoms with van der Waals surface area (Å²) in [5.74, 6) is 0.466. The fourth-order valence-electron chi connectivity index (χ4n) is 1.37. The van der Waals surface area contributed by atoms with E-state index >= 15 is 0 Å². The molecule has 0 aliphatic rings. The lowest BCUT2D eigenvalue weighted by Crippen LogP contribution is -1.99. The highest BCUT2D eigenvalue weighted by molar-refractivity contribution is 6.31. The molecule has 0 bridgehead atoms. The van der Waals surface area contributed by atoms with Gasteiger partial charge < -0.3 is 4.74 Å². The van der Waals surface area contributed by atoms with Gasteiger partial charge in [0, 0.05) is 0 Å². The summed E-state index contributed by atoms with van der Waals surface area (Å²) in [6, 6.07) is 9.82. The van der Waals surface area contributed by atoms with E-state index in [1.54, 1.807) is 6.08 Å². The van der Waals surface area contributed by atoms with E-state index in [9.17, 15) is 0 Å². The minimum Gasteiger partial charge on any atom is -0.483 e. The van der Waals surface area contributed by atoms with Crippen molar-refractivity contribution in [3.05, 3.63) is 59.6 Å². The van der Waals surface area contributed by atoms with Crippen LogP contribution in [0.1, 0.15) is 11.3 Å². The molecule has 0 radical (unpaired) electrons. The van der Waals surface area contributed by atoms with E-state index in [1.807, 2.05) is 30.3 Å². The van der Waals surface area contributed by atoms with Crippen LogP contribution >= 0.6 is 11.6 Å². The van der Waals surface area contributed by atoms with Crippen LogP contribution in [0.5, 0.6) is 5.75 Å². The molecule has 0 saturated heterocycles. The SMILES string of the molecule is C=Cc1ncnc(Cl)c1OCc1ccccc1. The predicted molar refractivity (Wildman–Crippen MR) is 67.9 cm³/mol. The van der Waals surface area contributed by atoms with Crippen molar-refractivity contribution < 1.29 is 4.74 Å². The molecule has 1 aromatic carbocycles. The van der Waals surface area contributed by atoms with Crippen LogP contribution in [0.3, 0.4) is 0 Å². The summed E-state index contributed by atoms with van der Waals surface area (Å²) >= 11 is 5.95. The lowest BCUT2D eigenvalue weighted by Gasteiger charge is -2.09. The molecule has 0 aliphatic carbocycles. The van der Waals surface area contributed by atoms with E-state index in [4.69, 9.17) is 16.3 Å². The number of rotatable bonds is 4. The third kappa shape index (κ3) is 2.82. The number of ether oxygens (including phenoxy) is 1. The number of aromatic nitrogens is 2. The summed E-state index contributed by atoms with van der Waals surface area (Å²) < 4.78 is 5.62. The van der Waals surface area contributed by atoms with Crippen LogP contribution in [0.2, 0.25) is 5.15 Å². The van der Waals surface area contributed by atoms with Crippen molar-refractivity contribution >= 4 is 17.7 Å². The highest BCUT2D eigenvalue weighted by Crippen LogP contribution is 2.26. The van der Waals surface area contributed by atoms with Gasteiger partial charge in [0.25, 0.3) is 0 Å². The highest BCUT2D eigenvalue weighted by atomic mass is 35.5. The first-order valence-corrected chi connectivity index (χ1v) is 5.48. The molecule has 17 heavy (non-hydrogen) atoms. The van der Waals surface area contributed by atoms with E-state index in [0.717, 1.165) is 5.56 Å². The number of halogens is 1. The molecular formula is C13H11ClN2O. The zero-order valence-corrected chi connectivity index (χ0v) is 9.89. The van der Waals surface area contributed by atoms with Crippen molar-refractivity contribution in [3.8, 4) is 5.75 Å². The topological polar surface area (TPSA) is 35.0 Å². The fourth-order valence-corrected chi connectivity index (χ4v) is 1.57. The van der Waals surface area contributed by atoms with Crippen LogP contribution in [-0.4, -0.2) is 9.97 Å². The van der Waals surface area contributed by atoms with Gasteiger partial charge in [-0.15, -0.1) is 0 Å². The molecule has 4 heteroatoms. The minimum absolute atomic E-state index is 0.297. The standard InChI is InChI=1S/C13H11ClN2O/c1-2-11-12(13(14)16-9-15-11)17-8-10-6-4-3-5-7-10/h2-7,9H,1,8H2. The average molecular weight is 247 g/mol. The van der Waals surface area contributed by atoms with Gasteiger partial charge in [0.05, 0.1) is 0 Å². The summed E-state index contributed by atoms with van der Waals surface area (Å²) in [5, 5.41) is 0.297. The summed E-state index contributed by atoms with van der Waals surface area (Å²) in [6.45, 7) is 4.08. The maximum Gasteiger partial charge on any atom is 0.182 e. The third-order valence-corrected chi connectivity index (χ3v) is 2.48. The quantitative estimate of drug-likeness (QED) is 0.776. The van der Waals surface area contributed by atoms with Crippen LogP contribution in [-0.2, 0) is 6.61 Å². The Balaban J connectivity index is 2.16. The Kier molecular flexibility index (Phi) is 3.73. The van der Waals surface area contributed by atoms with Gasteiger partial charge in [0.2, 0.25) is 0 Å². The Morgan fingerprint density at radius 1 is 1.24 bits per heavy atom. The molecule has 0 spiro atoms. The first-order chi connectivity index (χ1) is 8.31. The maximum absolute atomic E-state index is 5.95. The summed E-state index contributed by atoms with van der Waals surface area (Å²) in [4.78, 5) is 7.91. The molecule has 86 valence electrons.